The SMILES string of the molecule is CSc1ccc(Cl)c(C(=O)NC(C)CCCO)c1. The predicted molar refractivity (Wildman–Crippen MR) is 76.5 cm³/mol. The summed E-state index contributed by atoms with van der Waals surface area (Å²) in [6.45, 7) is 2.06. The molecule has 100 valence electrons. The van der Waals surface area contributed by atoms with Gasteiger partial charge < -0.3 is 10.4 Å². The van der Waals surface area contributed by atoms with E-state index in [-0.39, 0.29) is 18.6 Å². The Morgan fingerprint density at radius 1 is 1.56 bits per heavy atom. The summed E-state index contributed by atoms with van der Waals surface area (Å²) in [6, 6.07) is 5.44. The van der Waals surface area contributed by atoms with E-state index in [0.29, 0.717) is 17.0 Å². The number of rotatable bonds is 6. The lowest BCUT2D eigenvalue weighted by atomic mass is 10.1. The first kappa shape index (κ1) is 15.3. The number of aliphatic hydroxyl groups excluding tert-OH is 1. The number of aliphatic hydroxyl groups is 1. The van der Waals surface area contributed by atoms with Crippen molar-refractivity contribution in [2.45, 2.75) is 30.7 Å². The molecule has 1 amide bonds. The number of halogens is 1. The van der Waals surface area contributed by atoms with Gasteiger partial charge in [0.25, 0.3) is 5.91 Å². The molecule has 0 aromatic heterocycles. The smallest absolute Gasteiger partial charge is 0.253 e. The second-order valence-electron chi connectivity index (χ2n) is 4.09. The van der Waals surface area contributed by atoms with E-state index >= 15 is 0 Å². The number of nitrogens with one attached hydrogen (secondary N) is 1. The van der Waals surface area contributed by atoms with Crippen LogP contribution in [0.2, 0.25) is 5.02 Å². The van der Waals surface area contributed by atoms with E-state index in [2.05, 4.69) is 5.32 Å². The van der Waals surface area contributed by atoms with Gasteiger partial charge in [-0.05, 0) is 44.2 Å². The van der Waals surface area contributed by atoms with Gasteiger partial charge in [-0.1, -0.05) is 11.6 Å². The van der Waals surface area contributed by atoms with Gasteiger partial charge in [0.1, 0.15) is 0 Å². The summed E-state index contributed by atoms with van der Waals surface area (Å²) in [4.78, 5) is 13.0. The third-order valence-corrected chi connectivity index (χ3v) is 3.65. The van der Waals surface area contributed by atoms with Crippen LogP contribution in [0.3, 0.4) is 0 Å². The zero-order chi connectivity index (χ0) is 13.5. The van der Waals surface area contributed by atoms with Gasteiger partial charge in [0.05, 0.1) is 10.6 Å². The van der Waals surface area contributed by atoms with E-state index in [1.165, 1.54) is 0 Å². The van der Waals surface area contributed by atoms with Crippen molar-refractivity contribution in [2.75, 3.05) is 12.9 Å². The maximum Gasteiger partial charge on any atom is 0.253 e. The fourth-order valence-corrected chi connectivity index (χ4v) is 2.22. The van der Waals surface area contributed by atoms with Crippen molar-refractivity contribution in [1.29, 1.82) is 0 Å². The molecule has 2 N–H and O–H groups in total. The van der Waals surface area contributed by atoms with Crippen molar-refractivity contribution in [3.05, 3.63) is 28.8 Å². The summed E-state index contributed by atoms with van der Waals surface area (Å²) in [5.41, 5.74) is 0.499. The number of hydrogen-bond acceptors (Lipinski definition) is 3. The molecule has 1 atom stereocenters. The summed E-state index contributed by atoms with van der Waals surface area (Å²) in [5.74, 6) is -0.165. The van der Waals surface area contributed by atoms with Gasteiger partial charge in [0, 0.05) is 17.5 Å². The van der Waals surface area contributed by atoms with Gasteiger partial charge in [-0.15, -0.1) is 11.8 Å². The van der Waals surface area contributed by atoms with E-state index in [0.717, 1.165) is 11.3 Å². The second-order valence-corrected chi connectivity index (χ2v) is 5.37. The molecule has 0 bridgehead atoms. The van der Waals surface area contributed by atoms with Crippen molar-refractivity contribution < 1.29 is 9.90 Å². The number of amides is 1. The lowest BCUT2D eigenvalue weighted by molar-refractivity contribution is 0.0936. The van der Waals surface area contributed by atoms with E-state index in [4.69, 9.17) is 16.7 Å². The van der Waals surface area contributed by atoms with Crippen molar-refractivity contribution in [2.24, 2.45) is 0 Å². The molecule has 0 aliphatic carbocycles. The molecule has 18 heavy (non-hydrogen) atoms. The highest BCUT2D eigenvalue weighted by Gasteiger charge is 2.13. The molecule has 0 heterocycles. The monoisotopic (exact) mass is 287 g/mol. The van der Waals surface area contributed by atoms with Crippen LogP contribution in [0.1, 0.15) is 30.1 Å². The first-order valence-corrected chi connectivity index (χ1v) is 7.44. The molecule has 0 saturated heterocycles. The van der Waals surface area contributed by atoms with Crippen LogP contribution in [0.5, 0.6) is 0 Å². The largest absolute Gasteiger partial charge is 0.396 e. The molecule has 1 aromatic carbocycles. The molecule has 0 aliphatic heterocycles. The van der Waals surface area contributed by atoms with Crippen LogP contribution in [0.4, 0.5) is 0 Å². The summed E-state index contributed by atoms with van der Waals surface area (Å²) in [7, 11) is 0. The number of benzene rings is 1. The molecular weight excluding hydrogens is 270 g/mol. The maximum atomic E-state index is 12.0. The maximum absolute atomic E-state index is 12.0. The van der Waals surface area contributed by atoms with Crippen LogP contribution >= 0.6 is 23.4 Å². The molecule has 1 aromatic rings. The van der Waals surface area contributed by atoms with Gasteiger partial charge in [0.15, 0.2) is 0 Å². The van der Waals surface area contributed by atoms with Gasteiger partial charge in [-0.2, -0.15) is 0 Å². The van der Waals surface area contributed by atoms with Crippen LogP contribution in [-0.4, -0.2) is 29.9 Å². The highest BCUT2D eigenvalue weighted by molar-refractivity contribution is 7.98. The van der Waals surface area contributed by atoms with E-state index in [1.54, 1.807) is 23.9 Å². The van der Waals surface area contributed by atoms with Crippen molar-refractivity contribution >= 4 is 29.3 Å². The van der Waals surface area contributed by atoms with E-state index in [9.17, 15) is 4.79 Å². The minimum Gasteiger partial charge on any atom is -0.396 e. The highest BCUT2D eigenvalue weighted by atomic mass is 35.5. The van der Waals surface area contributed by atoms with Crippen LogP contribution in [-0.2, 0) is 0 Å². The Balaban J connectivity index is 2.71. The Morgan fingerprint density at radius 3 is 2.89 bits per heavy atom. The summed E-state index contributed by atoms with van der Waals surface area (Å²) in [5, 5.41) is 12.1. The highest BCUT2D eigenvalue weighted by Crippen LogP contribution is 2.23. The second kappa shape index (κ2) is 7.67. The van der Waals surface area contributed by atoms with Crippen molar-refractivity contribution in [3.8, 4) is 0 Å². The van der Waals surface area contributed by atoms with Crippen LogP contribution < -0.4 is 5.32 Å². The molecule has 0 spiro atoms. The molecule has 1 rings (SSSR count). The minimum atomic E-state index is -0.165. The fraction of sp³-hybridized carbons (Fsp3) is 0.462. The number of thioether (sulfide) groups is 1. The summed E-state index contributed by atoms with van der Waals surface area (Å²) >= 11 is 7.60. The zero-order valence-electron chi connectivity index (χ0n) is 10.6. The predicted octanol–water partition coefficient (Wildman–Crippen LogP) is 2.95. The molecule has 5 heteroatoms. The quantitative estimate of drug-likeness (QED) is 0.791. The Hall–Kier alpha value is -0.710. The number of carbonyl (C=O) groups excluding carboxylic acids is 1. The Bertz CT molecular complexity index is 412. The number of hydrogen-bond donors (Lipinski definition) is 2. The molecule has 0 fully saturated rings. The van der Waals surface area contributed by atoms with Crippen molar-refractivity contribution in [3.63, 3.8) is 0 Å². The third kappa shape index (κ3) is 4.52. The van der Waals surface area contributed by atoms with Gasteiger partial charge in [-0.3, -0.25) is 4.79 Å². The van der Waals surface area contributed by atoms with E-state index in [1.807, 2.05) is 19.2 Å². The zero-order valence-corrected chi connectivity index (χ0v) is 12.1. The molecule has 3 nitrogen and oxygen atoms in total. The topological polar surface area (TPSA) is 49.3 Å². The van der Waals surface area contributed by atoms with Gasteiger partial charge >= 0.3 is 0 Å². The first-order valence-electron chi connectivity index (χ1n) is 5.83. The third-order valence-electron chi connectivity index (χ3n) is 2.59. The Morgan fingerprint density at radius 2 is 2.28 bits per heavy atom. The molecule has 1 unspecified atom stereocenters. The molecule has 0 aliphatic rings. The van der Waals surface area contributed by atoms with Gasteiger partial charge in [-0.25, -0.2) is 0 Å². The summed E-state index contributed by atoms with van der Waals surface area (Å²) in [6.07, 6.45) is 3.39. The standard InChI is InChI=1S/C13H18ClNO2S/c1-9(4-3-7-16)15-13(17)11-8-10(18-2)5-6-12(11)14/h5-6,8-9,16H,3-4,7H2,1-2H3,(H,15,17). The molecular formula is C13H18ClNO2S. The minimum absolute atomic E-state index is 0.0265. The fourth-order valence-electron chi connectivity index (χ4n) is 1.58. The van der Waals surface area contributed by atoms with Crippen LogP contribution in [0.25, 0.3) is 0 Å². The van der Waals surface area contributed by atoms with E-state index < -0.39 is 0 Å². The Kier molecular flexibility index (Phi) is 6.54. The first-order chi connectivity index (χ1) is 8.58. The average molecular weight is 288 g/mol. The molecule has 0 radical (unpaired) electrons. The van der Waals surface area contributed by atoms with Crippen LogP contribution in [0.15, 0.2) is 23.1 Å². The van der Waals surface area contributed by atoms with Gasteiger partial charge in [0.2, 0.25) is 0 Å². The average Bonchev–Trinajstić information content (AvgIpc) is 2.36. The van der Waals surface area contributed by atoms with Crippen LogP contribution in [0, 0.1) is 0 Å². The lowest BCUT2D eigenvalue weighted by Crippen LogP contribution is -2.32. The normalized spacial score (nSPS) is 12.2. The lowest BCUT2D eigenvalue weighted by Gasteiger charge is -2.14. The van der Waals surface area contributed by atoms with Crippen molar-refractivity contribution in [1.82, 2.24) is 5.32 Å². The molecule has 0 saturated carbocycles. The number of carbonyl (C=O) groups is 1. The summed E-state index contributed by atoms with van der Waals surface area (Å²) < 4.78 is 0. The Labute approximate surface area is 117 Å².